The molecule has 1 fully saturated rings. The number of ether oxygens (including phenoxy) is 1. The SMILES string of the molecule is C=CCOC1CN(C(=O)O)C1. The van der Waals surface area contributed by atoms with Crippen LogP contribution in [0.5, 0.6) is 0 Å². The standard InChI is InChI=1S/C7H11NO3/c1-2-3-11-6-4-8(5-6)7(9)10/h2,6H,1,3-5H2,(H,9,10). The van der Waals surface area contributed by atoms with Crippen LogP contribution in [-0.2, 0) is 4.74 Å². The van der Waals surface area contributed by atoms with Gasteiger partial charge in [-0.15, -0.1) is 6.58 Å². The van der Waals surface area contributed by atoms with Gasteiger partial charge in [-0.25, -0.2) is 4.79 Å². The van der Waals surface area contributed by atoms with Gasteiger partial charge < -0.3 is 14.7 Å². The molecule has 0 aromatic heterocycles. The van der Waals surface area contributed by atoms with Gasteiger partial charge in [-0.3, -0.25) is 0 Å². The van der Waals surface area contributed by atoms with Crippen LogP contribution >= 0.6 is 0 Å². The number of nitrogens with zero attached hydrogens (tertiary/aromatic N) is 1. The third-order valence-electron chi connectivity index (χ3n) is 1.57. The number of amides is 1. The largest absolute Gasteiger partial charge is 0.465 e. The molecule has 0 bridgehead atoms. The molecular weight excluding hydrogens is 146 g/mol. The van der Waals surface area contributed by atoms with Crippen molar-refractivity contribution in [3.63, 3.8) is 0 Å². The number of carboxylic acid groups (broad SMARTS) is 1. The maximum absolute atomic E-state index is 10.3. The van der Waals surface area contributed by atoms with Gasteiger partial charge in [0.15, 0.2) is 0 Å². The van der Waals surface area contributed by atoms with Crippen LogP contribution in [0.1, 0.15) is 0 Å². The summed E-state index contributed by atoms with van der Waals surface area (Å²) in [5.41, 5.74) is 0. The molecule has 0 spiro atoms. The van der Waals surface area contributed by atoms with E-state index in [0.717, 1.165) is 0 Å². The lowest BCUT2D eigenvalue weighted by atomic mass is 10.2. The molecule has 0 aliphatic carbocycles. The molecule has 1 rings (SSSR count). The van der Waals surface area contributed by atoms with Crippen molar-refractivity contribution < 1.29 is 14.6 Å². The Bertz CT molecular complexity index is 163. The average Bonchev–Trinajstić information content (AvgIpc) is 1.84. The Balaban J connectivity index is 2.09. The van der Waals surface area contributed by atoms with Crippen molar-refractivity contribution in [1.29, 1.82) is 0 Å². The predicted molar refractivity (Wildman–Crippen MR) is 39.5 cm³/mol. The van der Waals surface area contributed by atoms with Crippen LogP contribution in [0.15, 0.2) is 12.7 Å². The predicted octanol–water partition coefficient (Wildman–Crippen LogP) is 0.551. The average molecular weight is 157 g/mol. The zero-order valence-electron chi connectivity index (χ0n) is 6.19. The van der Waals surface area contributed by atoms with Gasteiger partial charge in [-0.05, 0) is 0 Å². The van der Waals surface area contributed by atoms with Gasteiger partial charge in [0.25, 0.3) is 0 Å². The van der Waals surface area contributed by atoms with E-state index in [2.05, 4.69) is 6.58 Å². The van der Waals surface area contributed by atoms with Crippen molar-refractivity contribution >= 4 is 6.09 Å². The van der Waals surface area contributed by atoms with Crippen LogP contribution in [0.4, 0.5) is 4.79 Å². The summed E-state index contributed by atoms with van der Waals surface area (Å²) in [5.74, 6) is 0. The molecule has 62 valence electrons. The second-order valence-corrected chi connectivity index (χ2v) is 2.43. The molecule has 0 radical (unpaired) electrons. The highest BCUT2D eigenvalue weighted by molar-refractivity contribution is 5.66. The van der Waals surface area contributed by atoms with Crippen molar-refractivity contribution in [2.45, 2.75) is 6.10 Å². The lowest BCUT2D eigenvalue weighted by Crippen LogP contribution is -2.54. The Morgan fingerprint density at radius 2 is 2.45 bits per heavy atom. The van der Waals surface area contributed by atoms with Crippen molar-refractivity contribution in [3.05, 3.63) is 12.7 Å². The van der Waals surface area contributed by atoms with Crippen molar-refractivity contribution in [3.8, 4) is 0 Å². The summed E-state index contributed by atoms with van der Waals surface area (Å²) in [6.07, 6.45) is 0.858. The smallest absolute Gasteiger partial charge is 0.407 e. The fourth-order valence-electron chi connectivity index (χ4n) is 0.904. The molecule has 1 N–H and O–H groups in total. The van der Waals surface area contributed by atoms with Crippen LogP contribution < -0.4 is 0 Å². The summed E-state index contributed by atoms with van der Waals surface area (Å²) in [5, 5.41) is 8.43. The maximum Gasteiger partial charge on any atom is 0.407 e. The lowest BCUT2D eigenvalue weighted by molar-refractivity contribution is -0.0334. The van der Waals surface area contributed by atoms with E-state index in [-0.39, 0.29) is 6.10 Å². The van der Waals surface area contributed by atoms with Gasteiger partial charge in [0.05, 0.1) is 25.8 Å². The first-order valence-corrected chi connectivity index (χ1v) is 3.44. The van der Waals surface area contributed by atoms with E-state index >= 15 is 0 Å². The number of likely N-dealkylation sites (tertiary alicyclic amines) is 1. The Labute approximate surface area is 65.1 Å². The van der Waals surface area contributed by atoms with Gasteiger partial charge in [-0.1, -0.05) is 6.08 Å². The highest BCUT2D eigenvalue weighted by atomic mass is 16.5. The zero-order valence-corrected chi connectivity index (χ0v) is 6.19. The number of hydrogen-bond acceptors (Lipinski definition) is 2. The molecule has 1 aliphatic rings. The topological polar surface area (TPSA) is 49.8 Å². The monoisotopic (exact) mass is 157 g/mol. The minimum absolute atomic E-state index is 0.0732. The Kier molecular flexibility index (Phi) is 2.48. The Morgan fingerprint density at radius 3 is 2.91 bits per heavy atom. The molecule has 0 saturated carbocycles. The molecule has 0 aromatic carbocycles. The van der Waals surface area contributed by atoms with Gasteiger partial charge in [0.1, 0.15) is 0 Å². The molecule has 0 atom stereocenters. The minimum Gasteiger partial charge on any atom is -0.465 e. The van der Waals surface area contributed by atoms with Gasteiger partial charge >= 0.3 is 6.09 Å². The van der Waals surface area contributed by atoms with Crippen molar-refractivity contribution in [2.24, 2.45) is 0 Å². The van der Waals surface area contributed by atoms with E-state index < -0.39 is 6.09 Å². The number of hydrogen-bond donors (Lipinski definition) is 1. The van der Waals surface area contributed by atoms with Crippen LogP contribution in [0, 0.1) is 0 Å². The van der Waals surface area contributed by atoms with E-state index in [9.17, 15) is 4.79 Å². The van der Waals surface area contributed by atoms with Gasteiger partial charge in [-0.2, -0.15) is 0 Å². The summed E-state index contributed by atoms with van der Waals surface area (Å²) in [4.78, 5) is 11.6. The summed E-state index contributed by atoms with van der Waals surface area (Å²) in [6.45, 7) is 4.97. The second kappa shape index (κ2) is 3.39. The minimum atomic E-state index is -0.872. The molecular formula is C7H11NO3. The molecule has 1 heterocycles. The van der Waals surface area contributed by atoms with E-state index in [1.807, 2.05) is 0 Å². The molecule has 1 aliphatic heterocycles. The third kappa shape index (κ3) is 1.94. The quantitative estimate of drug-likeness (QED) is 0.608. The highest BCUT2D eigenvalue weighted by Crippen LogP contribution is 2.10. The summed E-state index contributed by atoms with van der Waals surface area (Å²) in [6, 6.07) is 0. The fraction of sp³-hybridized carbons (Fsp3) is 0.571. The van der Waals surface area contributed by atoms with Crippen LogP contribution in [0.3, 0.4) is 0 Å². The molecule has 4 heteroatoms. The lowest BCUT2D eigenvalue weighted by Gasteiger charge is -2.36. The summed E-state index contributed by atoms with van der Waals surface area (Å²) < 4.78 is 5.18. The van der Waals surface area contributed by atoms with Crippen LogP contribution in [0.25, 0.3) is 0 Å². The molecule has 0 unspecified atom stereocenters. The zero-order chi connectivity index (χ0) is 8.27. The molecule has 11 heavy (non-hydrogen) atoms. The fourth-order valence-corrected chi connectivity index (χ4v) is 0.904. The normalized spacial score (nSPS) is 17.6. The first kappa shape index (κ1) is 8.07. The number of carbonyl (C=O) groups is 1. The number of rotatable bonds is 3. The van der Waals surface area contributed by atoms with Gasteiger partial charge in [0.2, 0.25) is 0 Å². The maximum atomic E-state index is 10.3. The summed E-state index contributed by atoms with van der Waals surface area (Å²) >= 11 is 0. The molecule has 1 amide bonds. The third-order valence-corrected chi connectivity index (χ3v) is 1.57. The van der Waals surface area contributed by atoms with Crippen molar-refractivity contribution in [2.75, 3.05) is 19.7 Å². The second-order valence-electron chi connectivity index (χ2n) is 2.43. The Hall–Kier alpha value is -1.03. The van der Waals surface area contributed by atoms with E-state index in [4.69, 9.17) is 9.84 Å². The first-order valence-electron chi connectivity index (χ1n) is 3.44. The van der Waals surface area contributed by atoms with Crippen LogP contribution in [-0.4, -0.2) is 41.9 Å². The molecule has 4 nitrogen and oxygen atoms in total. The van der Waals surface area contributed by atoms with Crippen LogP contribution in [0.2, 0.25) is 0 Å². The Morgan fingerprint density at radius 1 is 1.82 bits per heavy atom. The van der Waals surface area contributed by atoms with E-state index in [1.165, 1.54) is 4.90 Å². The summed E-state index contributed by atoms with van der Waals surface area (Å²) in [7, 11) is 0. The highest BCUT2D eigenvalue weighted by Gasteiger charge is 2.30. The first-order chi connectivity index (χ1) is 5.24. The van der Waals surface area contributed by atoms with Crippen molar-refractivity contribution in [1.82, 2.24) is 4.90 Å². The van der Waals surface area contributed by atoms with E-state index in [0.29, 0.717) is 19.7 Å². The van der Waals surface area contributed by atoms with E-state index in [1.54, 1.807) is 6.08 Å². The molecule has 1 saturated heterocycles. The molecule has 0 aromatic rings. The van der Waals surface area contributed by atoms with Gasteiger partial charge in [0, 0.05) is 0 Å².